The van der Waals surface area contributed by atoms with Crippen molar-refractivity contribution in [1.82, 2.24) is 0 Å². The largest absolute Gasteiger partial charge is 0.382 e. The molecule has 0 N–H and O–H groups in total. The van der Waals surface area contributed by atoms with E-state index in [0.29, 0.717) is 11.7 Å². The highest BCUT2D eigenvalue weighted by Gasteiger charge is 2.16. The molecule has 1 aliphatic carbocycles. The van der Waals surface area contributed by atoms with Gasteiger partial charge in [-0.15, -0.1) is 0 Å². The molecule has 0 bridgehead atoms. The summed E-state index contributed by atoms with van der Waals surface area (Å²) in [7, 11) is 0. The molecule has 1 unspecified atom stereocenters. The maximum Gasteiger partial charge on any atom is 0.133 e. The van der Waals surface area contributed by atoms with Crippen molar-refractivity contribution in [3.8, 4) is 0 Å². The zero-order valence-electron chi connectivity index (χ0n) is 9.26. The summed E-state index contributed by atoms with van der Waals surface area (Å²) in [5.74, 6) is 1.12. The van der Waals surface area contributed by atoms with Gasteiger partial charge in [0.05, 0.1) is 0 Å². The van der Waals surface area contributed by atoms with Gasteiger partial charge in [-0.25, -0.2) is 0 Å². The SMILES string of the molecule is CCOCCCC1CCCCC(=O)C1. The Kier molecular flexibility index (Phi) is 5.85. The first-order valence-corrected chi connectivity index (χ1v) is 5.92. The molecule has 0 saturated heterocycles. The van der Waals surface area contributed by atoms with Crippen LogP contribution in [-0.2, 0) is 9.53 Å². The lowest BCUT2D eigenvalue weighted by Crippen LogP contribution is -2.06. The highest BCUT2D eigenvalue weighted by Crippen LogP contribution is 2.24. The summed E-state index contributed by atoms with van der Waals surface area (Å²) < 4.78 is 5.30. The van der Waals surface area contributed by atoms with E-state index in [2.05, 4.69) is 0 Å². The number of carbonyl (C=O) groups excluding carboxylic acids is 1. The van der Waals surface area contributed by atoms with Crippen LogP contribution in [0.4, 0.5) is 0 Å². The molecular formula is C12H22O2. The lowest BCUT2D eigenvalue weighted by atomic mass is 9.95. The van der Waals surface area contributed by atoms with Crippen LogP contribution in [0.3, 0.4) is 0 Å². The van der Waals surface area contributed by atoms with E-state index < -0.39 is 0 Å². The monoisotopic (exact) mass is 198 g/mol. The van der Waals surface area contributed by atoms with Crippen molar-refractivity contribution < 1.29 is 9.53 Å². The molecule has 0 aromatic heterocycles. The zero-order valence-corrected chi connectivity index (χ0v) is 9.26. The Bertz CT molecular complexity index is 166. The van der Waals surface area contributed by atoms with E-state index in [9.17, 15) is 4.79 Å². The van der Waals surface area contributed by atoms with Crippen LogP contribution in [0.25, 0.3) is 0 Å². The second kappa shape index (κ2) is 6.99. The Hall–Kier alpha value is -0.370. The second-order valence-corrected chi connectivity index (χ2v) is 4.19. The maximum absolute atomic E-state index is 11.4. The van der Waals surface area contributed by atoms with Gasteiger partial charge in [-0.3, -0.25) is 4.79 Å². The third kappa shape index (κ3) is 4.75. The summed E-state index contributed by atoms with van der Waals surface area (Å²) in [6.45, 7) is 3.69. The standard InChI is InChI=1S/C12H22O2/c1-2-14-9-5-7-11-6-3-4-8-12(13)10-11/h11H,2-10H2,1H3. The number of ether oxygens (including phenoxy) is 1. The van der Waals surface area contributed by atoms with Gasteiger partial charge in [0.15, 0.2) is 0 Å². The van der Waals surface area contributed by atoms with Crippen molar-refractivity contribution >= 4 is 5.78 Å². The van der Waals surface area contributed by atoms with Gasteiger partial charge in [0.1, 0.15) is 5.78 Å². The normalized spacial score (nSPS) is 23.5. The molecule has 0 aliphatic heterocycles. The average molecular weight is 198 g/mol. The molecule has 82 valence electrons. The highest BCUT2D eigenvalue weighted by molar-refractivity contribution is 5.78. The molecule has 0 aromatic rings. The van der Waals surface area contributed by atoms with Gasteiger partial charge in [0.25, 0.3) is 0 Å². The number of ketones is 1. The van der Waals surface area contributed by atoms with Gasteiger partial charge >= 0.3 is 0 Å². The Labute approximate surface area is 87.0 Å². The smallest absolute Gasteiger partial charge is 0.133 e. The fourth-order valence-corrected chi connectivity index (χ4v) is 2.15. The maximum atomic E-state index is 11.4. The van der Waals surface area contributed by atoms with Crippen LogP contribution < -0.4 is 0 Å². The van der Waals surface area contributed by atoms with Crippen molar-refractivity contribution in [1.29, 1.82) is 0 Å². The van der Waals surface area contributed by atoms with Crippen molar-refractivity contribution in [3.05, 3.63) is 0 Å². The van der Waals surface area contributed by atoms with Gasteiger partial charge in [-0.05, 0) is 32.1 Å². The summed E-state index contributed by atoms with van der Waals surface area (Å²) in [5.41, 5.74) is 0. The lowest BCUT2D eigenvalue weighted by Gasteiger charge is -2.12. The number of carbonyl (C=O) groups is 1. The number of rotatable bonds is 5. The Morgan fingerprint density at radius 2 is 2.29 bits per heavy atom. The Morgan fingerprint density at radius 3 is 3.07 bits per heavy atom. The van der Waals surface area contributed by atoms with E-state index in [1.165, 1.54) is 19.3 Å². The average Bonchev–Trinajstić information content (AvgIpc) is 2.38. The summed E-state index contributed by atoms with van der Waals surface area (Å²) in [6.07, 6.45) is 7.54. The van der Waals surface area contributed by atoms with Crippen molar-refractivity contribution in [2.75, 3.05) is 13.2 Å². The summed E-state index contributed by atoms with van der Waals surface area (Å²) in [4.78, 5) is 11.4. The fraction of sp³-hybridized carbons (Fsp3) is 0.917. The second-order valence-electron chi connectivity index (χ2n) is 4.19. The van der Waals surface area contributed by atoms with Gasteiger partial charge in [0, 0.05) is 26.1 Å². The lowest BCUT2D eigenvalue weighted by molar-refractivity contribution is -0.119. The van der Waals surface area contributed by atoms with E-state index in [-0.39, 0.29) is 0 Å². The van der Waals surface area contributed by atoms with Gasteiger partial charge in [0.2, 0.25) is 0 Å². The van der Waals surface area contributed by atoms with E-state index >= 15 is 0 Å². The van der Waals surface area contributed by atoms with E-state index in [4.69, 9.17) is 4.74 Å². The molecule has 0 amide bonds. The first-order valence-electron chi connectivity index (χ1n) is 5.92. The molecule has 2 nitrogen and oxygen atoms in total. The topological polar surface area (TPSA) is 26.3 Å². The van der Waals surface area contributed by atoms with Gasteiger partial charge in [-0.2, -0.15) is 0 Å². The van der Waals surface area contributed by atoms with Crippen LogP contribution in [0.15, 0.2) is 0 Å². The van der Waals surface area contributed by atoms with Crippen LogP contribution >= 0.6 is 0 Å². The Balaban J connectivity index is 2.12. The van der Waals surface area contributed by atoms with Crippen molar-refractivity contribution in [2.24, 2.45) is 5.92 Å². The molecule has 14 heavy (non-hydrogen) atoms. The molecule has 1 atom stereocenters. The molecule has 2 heteroatoms. The molecule has 0 aromatic carbocycles. The number of Topliss-reactive ketones (excluding diaryl/α,β-unsaturated/α-hetero) is 1. The predicted octanol–water partition coefficient (Wildman–Crippen LogP) is 2.95. The van der Waals surface area contributed by atoms with E-state index in [1.54, 1.807) is 0 Å². The van der Waals surface area contributed by atoms with Gasteiger partial charge in [-0.1, -0.05) is 12.8 Å². The number of hydrogen-bond acceptors (Lipinski definition) is 2. The molecule has 1 rings (SSSR count). The predicted molar refractivity (Wildman–Crippen MR) is 57.3 cm³/mol. The zero-order chi connectivity index (χ0) is 10.2. The summed E-state index contributed by atoms with van der Waals surface area (Å²) in [6, 6.07) is 0. The van der Waals surface area contributed by atoms with Crippen LogP contribution in [0, 0.1) is 5.92 Å². The summed E-state index contributed by atoms with van der Waals surface area (Å²) in [5, 5.41) is 0. The van der Waals surface area contributed by atoms with Crippen LogP contribution in [0.1, 0.15) is 51.9 Å². The minimum absolute atomic E-state index is 0.476. The van der Waals surface area contributed by atoms with Crippen LogP contribution in [-0.4, -0.2) is 19.0 Å². The minimum Gasteiger partial charge on any atom is -0.382 e. The molecule has 1 fully saturated rings. The molecule has 1 aliphatic rings. The third-order valence-corrected chi connectivity index (χ3v) is 2.94. The first-order chi connectivity index (χ1) is 6.83. The quantitative estimate of drug-likeness (QED) is 0.501. The molecule has 1 saturated carbocycles. The Morgan fingerprint density at radius 1 is 1.43 bits per heavy atom. The minimum atomic E-state index is 0.476. The molecule has 0 spiro atoms. The van der Waals surface area contributed by atoms with Gasteiger partial charge < -0.3 is 4.74 Å². The molecule has 0 radical (unpaired) electrons. The van der Waals surface area contributed by atoms with E-state index in [1.807, 2.05) is 6.92 Å². The first kappa shape index (κ1) is 11.7. The third-order valence-electron chi connectivity index (χ3n) is 2.94. The van der Waals surface area contributed by atoms with Crippen molar-refractivity contribution in [3.63, 3.8) is 0 Å². The van der Waals surface area contributed by atoms with E-state index in [0.717, 1.165) is 38.9 Å². The highest BCUT2D eigenvalue weighted by atomic mass is 16.5. The fourth-order valence-electron chi connectivity index (χ4n) is 2.15. The molecule has 0 heterocycles. The number of hydrogen-bond donors (Lipinski definition) is 0. The van der Waals surface area contributed by atoms with Crippen molar-refractivity contribution in [2.45, 2.75) is 51.9 Å². The molecular weight excluding hydrogens is 176 g/mol. The van der Waals surface area contributed by atoms with Crippen LogP contribution in [0.2, 0.25) is 0 Å². The summed E-state index contributed by atoms with van der Waals surface area (Å²) >= 11 is 0. The van der Waals surface area contributed by atoms with Crippen LogP contribution in [0.5, 0.6) is 0 Å².